The highest BCUT2D eigenvalue weighted by molar-refractivity contribution is 6.04. The first-order chi connectivity index (χ1) is 40.0. The molecule has 0 atom stereocenters. The number of anilines is 3. The summed E-state index contributed by atoms with van der Waals surface area (Å²) in [6.07, 6.45) is 1.61. The first-order valence-electron chi connectivity index (χ1n) is 26.6. The SMILES string of the molecule is Cc1ccc(NC(=O)Nc2ccc(CN3CCN(C)CC3)c(C(F)(F)F)c2)cc1C#Cc1ccc(-c2ncc(C#N)[nH]2)nc1.Cc1ccc(NC(=O)c2ccc(CN3CCN(C)CC3)cc2)cc1C#Cc1ccc(-c2ncc(C#N)[nH]2)nc1. The van der Waals surface area contributed by atoms with E-state index in [9.17, 15) is 22.8 Å². The molecule has 0 bridgehead atoms. The van der Waals surface area contributed by atoms with Gasteiger partial charge in [-0.25, -0.2) is 14.8 Å². The van der Waals surface area contributed by atoms with Gasteiger partial charge in [0.2, 0.25) is 0 Å². The Bertz CT molecular complexity index is 3820. The minimum absolute atomic E-state index is 0.0402. The van der Waals surface area contributed by atoms with Crippen LogP contribution in [0.1, 0.15) is 71.8 Å². The van der Waals surface area contributed by atoms with Crippen molar-refractivity contribution in [1.82, 2.24) is 49.5 Å². The molecule has 83 heavy (non-hydrogen) atoms. The minimum Gasteiger partial charge on any atom is -0.328 e. The maximum absolute atomic E-state index is 13.9. The number of alkyl halides is 3. The number of imidazole rings is 2. The summed E-state index contributed by atoms with van der Waals surface area (Å²) in [5.74, 6) is 13.3. The van der Waals surface area contributed by atoms with Crippen LogP contribution in [0.3, 0.4) is 0 Å². The smallest absolute Gasteiger partial charge is 0.328 e. The Morgan fingerprint density at radius 3 is 1.48 bits per heavy atom. The highest BCUT2D eigenvalue weighted by Crippen LogP contribution is 2.35. The molecule has 2 fully saturated rings. The number of carbonyl (C=O) groups excluding carboxylic acids is 2. The van der Waals surface area contributed by atoms with Gasteiger partial charge in [-0.05, 0) is 123 Å². The average molecular weight is 1110 g/mol. The molecule has 17 nitrogen and oxygen atoms in total. The fraction of sp³-hybridized carbons (Fsp3) is 0.238. The van der Waals surface area contributed by atoms with E-state index >= 15 is 0 Å². The maximum Gasteiger partial charge on any atom is 0.416 e. The second kappa shape index (κ2) is 26.6. The van der Waals surface area contributed by atoms with Crippen LogP contribution in [0, 0.1) is 60.2 Å². The number of amides is 3. The Kier molecular flexibility index (Phi) is 18.5. The van der Waals surface area contributed by atoms with Crippen molar-refractivity contribution >= 4 is 29.0 Å². The van der Waals surface area contributed by atoms with Gasteiger partial charge >= 0.3 is 12.2 Å². The van der Waals surface area contributed by atoms with Gasteiger partial charge in [-0.3, -0.25) is 24.6 Å². The van der Waals surface area contributed by atoms with Crippen LogP contribution in [0.5, 0.6) is 0 Å². The van der Waals surface area contributed by atoms with E-state index in [1.807, 2.05) is 92.5 Å². The Balaban J connectivity index is 0.000000201. The second-order valence-electron chi connectivity index (χ2n) is 20.2. The summed E-state index contributed by atoms with van der Waals surface area (Å²) in [6, 6.07) is 33.1. The van der Waals surface area contributed by atoms with Crippen molar-refractivity contribution in [3.63, 3.8) is 0 Å². The van der Waals surface area contributed by atoms with Crippen molar-refractivity contribution in [3.05, 3.63) is 195 Å². The van der Waals surface area contributed by atoms with Crippen LogP contribution >= 0.6 is 0 Å². The lowest BCUT2D eigenvalue weighted by Gasteiger charge is -2.33. The van der Waals surface area contributed by atoms with Crippen molar-refractivity contribution in [2.24, 2.45) is 0 Å². The van der Waals surface area contributed by atoms with Crippen LogP contribution in [0.4, 0.5) is 35.0 Å². The molecule has 10 rings (SSSR count). The highest BCUT2D eigenvalue weighted by atomic mass is 19.4. The molecule has 0 unspecified atom stereocenters. The maximum atomic E-state index is 13.9. The molecular formula is C63H58F3N15O2. The number of nitriles is 2. The Labute approximate surface area is 479 Å². The topological polar surface area (TPSA) is 214 Å². The fourth-order valence-electron chi connectivity index (χ4n) is 9.01. The van der Waals surface area contributed by atoms with Crippen molar-refractivity contribution in [3.8, 4) is 58.9 Å². The third-order valence-corrected chi connectivity index (χ3v) is 14.0. The zero-order valence-electron chi connectivity index (χ0n) is 46.1. The molecule has 2 aliphatic heterocycles. The van der Waals surface area contributed by atoms with Gasteiger partial charge in [-0.15, -0.1) is 0 Å². The van der Waals surface area contributed by atoms with E-state index in [0.717, 1.165) is 74.1 Å². The zero-order valence-corrected chi connectivity index (χ0v) is 46.1. The standard InChI is InChI=1S/C32H29F3N8O.C31H29N7O/c1-21-3-8-25(15-23(21)6-4-22-5-10-29(37-18-22)30-38-19-27(17-36)39-30)40-31(44)41-26-9-7-24(28(16-26)32(33,34)35)20-43-13-11-42(2)12-14-43;1-22-3-11-27(36-31(39)25-8-5-24(6-9-25)21-38-15-13-37(2)14-16-38)17-26(22)10-4-23-7-12-29(33-19-23)30-34-20-28(18-32)35-30/h3,5,7-10,15-16,18-19H,11-14,20H2,1-2H3,(H,38,39)(H2,40,41,44);3,5-9,11-12,17,19-20H,13-16,21H2,1-2H3,(H,34,35)(H,36,39). The van der Waals surface area contributed by atoms with Crippen molar-refractivity contribution in [2.75, 3.05) is 82.4 Å². The average Bonchev–Trinajstić information content (AvgIpc) is 4.27. The first-order valence-corrected chi connectivity index (χ1v) is 26.6. The molecule has 3 amide bonds. The van der Waals surface area contributed by atoms with Crippen LogP contribution in [-0.2, 0) is 19.3 Å². The van der Waals surface area contributed by atoms with Gasteiger partial charge < -0.3 is 35.7 Å². The molecule has 0 radical (unpaired) electrons. The predicted octanol–water partition coefficient (Wildman–Crippen LogP) is 9.51. The number of aryl methyl sites for hydroxylation is 2. The van der Waals surface area contributed by atoms with E-state index in [1.165, 1.54) is 30.1 Å². The number of carbonyl (C=O) groups is 2. The fourth-order valence-corrected chi connectivity index (χ4v) is 9.01. The van der Waals surface area contributed by atoms with E-state index < -0.39 is 17.8 Å². The number of likely N-dealkylation sites (N-methyl/N-ethyl adjacent to an activating group) is 2. The summed E-state index contributed by atoms with van der Waals surface area (Å²) < 4.78 is 41.8. The van der Waals surface area contributed by atoms with Crippen LogP contribution in [0.2, 0.25) is 0 Å². The number of H-pyrrole nitrogens is 2. The Morgan fingerprint density at radius 1 is 0.554 bits per heavy atom. The molecule has 0 spiro atoms. The summed E-state index contributed by atoms with van der Waals surface area (Å²) in [4.78, 5) is 57.4. The number of rotatable bonds is 10. The van der Waals surface area contributed by atoms with Gasteiger partial charge in [0.15, 0.2) is 11.6 Å². The molecule has 4 aromatic heterocycles. The second-order valence-corrected chi connectivity index (χ2v) is 20.2. The van der Waals surface area contributed by atoms with Gasteiger partial charge in [-0.1, -0.05) is 54.0 Å². The van der Waals surface area contributed by atoms with Gasteiger partial charge in [-0.2, -0.15) is 23.7 Å². The molecule has 6 heterocycles. The summed E-state index contributed by atoms with van der Waals surface area (Å²) in [6.45, 7) is 12.2. The van der Waals surface area contributed by atoms with E-state index in [1.54, 1.807) is 42.7 Å². The first kappa shape index (κ1) is 57.7. The lowest BCUT2D eigenvalue weighted by atomic mass is 10.0. The molecule has 20 heteroatoms. The third-order valence-electron chi connectivity index (χ3n) is 14.0. The number of hydrogen-bond acceptors (Lipinski definition) is 12. The Morgan fingerprint density at radius 2 is 1.02 bits per heavy atom. The van der Waals surface area contributed by atoms with Crippen molar-refractivity contribution in [2.45, 2.75) is 33.1 Å². The van der Waals surface area contributed by atoms with E-state index in [2.05, 4.69) is 91.3 Å². The summed E-state index contributed by atoms with van der Waals surface area (Å²) in [5, 5.41) is 26.1. The van der Waals surface area contributed by atoms with Gasteiger partial charge in [0.1, 0.15) is 34.9 Å². The normalized spacial score (nSPS) is 13.8. The van der Waals surface area contributed by atoms with Crippen LogP contribution in [0.25, 0.3) is 23.0 Å². The molecule has 2 aliphatic rings. The molecule has 5 N–H and O–H groups in total. The van der Waals surface area contributed by atoms with E-state index in [4.69, 9.17) is 10.5 Å². The predicted molar refractivity (Wildman–Crippen MR) is 311 cm³/mol. The van der Waals surface area contributed by atoms with Gasteiger partial charge in [0, 0.05) is 123 Å². The van der Waals surface area contributed by atoms with E-state index in [-0.39, 0.29) is 23.7 Å². The zero-order chi connectivity index (χ0) is 58.5. The number of piperazine rings is 2. The number of urea groups is 1. The number of aromatic nitrogens is 6. The molecule has 2 saturated heterocycles. The summed E-state index contributed by atoms with van der Waals surface area (Å²) in [5.41, 5.74) is 9.09. The van der Waals surface area contributed by atoms with Crippen LogP contribution < -0.4 is 16.0 Å². The monoisotopic (exact) mass is 1110 g/mol. The highest BCUT2D eigenvalue weighted by Gasteiger charge is 2.34. The van der Waals surface area contributed by atoms with Gasteiger partial charge in [0.25, 0.3) is 5.91 Å². The molecule has 0 aliphatic carbocycles. The van der Waals surface area contributed by atoms with Crippen LogP contribution in [-0.4, -0.2) is 128 Å². The minimum atomic E-state index is -4.56. The largest absolute Gasteiger partial charge is 0.416 e. The number of aromatic amines is 2. The third kappa shape index (κ3) is 15.9. The Hall–Kier alpha value is -9.93. The number of pyridine rings is 2. The lowest BCUT2D eigenvalue weighted by molar-refractivity contribution is -0.138. The summed E-state index contributed by atoms with van der Waals surface area (Å²) >= 11 is 0. The number of hydrogen-bond donors (Lipinski definition) is 5. The van der Waals surface area contributed by atoms with Crippen molar-refractivity contribution in [1.29, 1.82) is 10.5 Å². The van der Waals surface area contributed by atoms with Crippen LogP contribution in [0.15, 0.2) is 128 Å². The molecule has 4 aromatic carbocycles. The molecule has 8 aromatic rings. The number of halogens is 3. The summed E-state index contributed by atoms with van der Waals surface area (Å²) in [7, 11) is 4.14. The molecular weight excluding hydrogens is 1060 g/mol. The quantitative estimate of drug-likeness (QED) is 0.0810. The number of nitrogens with one attached hydrogen (secondary N) is 5. The number of nitrogens with zero attached hydrogens (tertiary/aromatic N) is 10. The molecule has 0 saturated carbocycles. The van der Waals surface area contributed by atoms with Crippen molar-refractivity contribution < 1.29 is 22.8 Å². The number of benzene rings is 4. The van der Waals surface area contributed by atoms with E-state index in [0.29, 0.717) is 75.6 Å². The van der Waals surface area contributed by atoms with Gasteiger partial charge in [0.05, 0.1) is 18.0 Å². The molecule has 418 valence electrons. The lowest BCUT2D eigenvalue weighted by Crippen LogP contribution is -2.44.